The minimum Gasteiger partial charge on any atom is -0.390 e. The Balaban J connectivity index is 2.25. The van der Waals surface area contributed by atoms with E-state index < -0.39 is 50.7 Å². The zero-order chi connectivity index (χ0) is 29.2. The number of sulfone groups is 1. The number of halogens is 2. The molecule has 0 saturated heterocycles. The van der Waals surface area contributed by atoms with Gasteiger partial charge in [0.2, 0.25) is 5.91 Å². The maximum atomic E-state index is 13.6. The molecule has 3 N–H and O–H groups in total. The molecule has 3 atom stereocenters. The van der Waals surface area contributed by atoms with Crippen LogP contribution in [0.4, 0.5) is 8.78 Å². The normalized spacial score (nSPS) is 14.3. The molecule has 2 aromatic rings. The maximum Gasteiger partial charge on any atom is 0.226 e. The van der Waals surface area contributed by atoms with Crippen molar-refractivity contribution in [3.05, 3.63) is 70.8 Å². The highest BCUT2D eigenvalue weighted by atomic mass is 32.2. The summed E-state index contributed by atoms with van der Waals surface area (Å²) in [6.45, 7) is 7.54. The van der Waals surface area contributed by atoms with Crippen molar-refractivity contribution in [2.24, 2.45) is 11.7 Å². The van der Waals surface area contributed by atoms with Gasteiger partial charge in [-0.05, 0) is 54.5 Å². The fourth-order valence-electron chi connectivity index (χ4n) is 4.91. The van der Waals surface area contributed by atoms with E-state index in [1.165, 1.54) is 4.90 Å². The molecule has 9 heteroatoms. The molecule has 0 bridgehead atoms. The first-order valence-electron chi connectivity index (χ1n) is 13.9. The van der Waals surface area contributed by atoms with Gasteiger partial charge in [0, 0.05) is 31.1 Å². The number of nitrogens with zero attached hydrogens (tertiary/aromatic N) is 1. The van der Waals surface area contributed by atoms with Crippen LogP contribution in [0, 0.1) is 17.6 Å². The van der Waals surface area contributed by atoms with E-state index in [-0.39, 0.29) is 25.3 Å². The molecule has 0 fully saturated rings. The van der Waals surface area contributed by atoms with Crippen LogP contribution >= 0.6 is 0 Å². The molecule has 2 aromatic carbocycles. The fraction of sp³-hybridized carbons (Fsp3) is 0.567. The largest absolute Gasteiger partial charge is 0.390 e. The van der Waals surface area contributed by atoms with Gasteiger partial charge in [-0.3, -0.25) is 4.79 Å². The van der Waals surface area contributed by atoms with Gasteiger partial charge >= 0.3 is 0 Å². The molecule has 218 valence electrons. The molecule has 1 unspecified atom stereocenters. The Hall–Kier alpha value is -2.36. The fourth-order valence-corrected chi connectivity index (χ4v) is 7.22. The van der Waals surface area contributed by atoms with Gasteiger partial charge in [0.1, 0.15) is 11.6 Å². The number of rotatable bonds is 16. The summed E-state index contributed by atoms with van der Waals surface area (Å²) in [5.41, 5.74) is 8.42. The second-order valence-electron chi connectivity index (χ2n) is 10.5. The van der Waals surface area contributed by atoms with Gasteiger partial charge in [0.25, 0.3) is 0 Å². The molecule has 0 heterocycles. The minimum atomic E-state index is -3.51. The van der Waals surface area contributed by atoms with Crippen LogP contribution in [0.15, 0.2) is 42.5 Å². The lowest BCUT2D eigenvalue weighted by Gasteiger charge is -2.31. The van der Waals surface area contributed by atoms with Crippen LogP contribution < -0.4 is 5.73 Å². The number of carbonyl (C=O) groups is 1. The van der Waals surface area contributed by atoms with Gasteiger partial charge in [-0.25, -0.2) is 17.2 Å². The van der Waals surface area contributed by atoms with Gasteiger partial charge in [-0.15, -0.1) is 0 Å². The van der Waals surface area contributed by atoms with Crippen LogP contribution in [-0.4, -0.2) is 54.0 Å². The van der Waals surface area contributed by atoms with Crippen molar-refractivity contribution in [3.8, 4) is 0 Å². The highest BCUT2D eigenvalue weighted by Gasteiger charge is 2.32. The third-order valence-electron chi connectivity index (χ3n) is 7.01. The summed E-state index contributed by atoms with van der Waals surface area (Å²) in [6.07, 6.45) is 2.20. The van der Waals surface area contributed by atoms with Crippen molar-refractivity contribution in [2.45, 2.75) is 90.2 Å². The van der Waals surface area contributed by atoms with E-state index in [0.717, 1.165) is 48.6 Å². The number of hydrogen-bond donors (Lipinski definition) is 2. The van der Waals surface area contributed by atoms with Gasteiger partial charge in [-0.1, -0.05) is 64.8 Å². The first-order chi connectivity index (χ1) is 18.4. The smallest absolute Gasteiger partial charge is 0.226 e. The molecular formula is C30H44F2N2O4S. The number of nitrogens with two attached hydrogens (primary N) is 1. The lowest BCUT2D eigenvalue weighted by atomic mass is 10.0. The number of amides is 1. The Morgan fingerprint density at radius 3 is 2.13 bits per heavy atom. The van der Waals surface area contributed by atoms with E-state index in [1.54, 1.807) is 6.92 Å². The third-order valence-corrected chi connectivity index (χ3v) is 9.46. The molecule has 0 radical (unpaired) electrons. The third kappa shape index (κ3) is 10.3. The highest BCUT2D eigenvalue weighted by molar-refractivity contribution is 7.92. The van der Waals surface area contributed by atoms with E-state index in [0.29, 0.717) is 18.4 Å². The quantitative estimate of drug-likeness (QED) is 0.304. The lowest BCUT2D eigenvalue weighted by Crippen LogP contribution is -2.48. The summed E-state index contributed by atoms with van der Waals surface area (Å²) >= 11 is 0. The summed E-state index contributed by atoms with van der Waals surface area (Å²) in [6, 6.07) is 9.90. The average molecular weight is 567 g/mol. The minimum absolute atomic E-state index is 0.00282. The average Bonchev–Trinajstić information content (AvgIpc) is 2.86. The number of aliphatic hydroxyl groups excluding tert-OH is 1. The van der Waals surface area contributed by atoms with E-state index in [4.69, 9.17) is 5.73 Å². The van der Waals surface area contributed by atoms with E-state index in [2.05, 4.69) is 0 Å². The summed E-state index contributed by atoms with van der Waals surface area (Å²) in [5, 5.41) is 10.5. The van der Waals surface area contributed by atoms with Crippen LogP contribution in [0.3, 0.4) is 0 Å². The molecule has 0 aliphatic carbocycles. The molecule has 1 amide bonds. The monoisotopic (exact) mass is 566 g/mol. The summed E-state index contributed by atoms with van der Waals surface area (Å²) in [5.74, 6) is -2.96. The first kappa shape index (κ1) is 32.8. The number of aryl methyl sites for hydroxylation is 1. The highest BCUT2D eigenvalue weighted by Crippen LogP contribution is 2.21. The molecule has 0 aliphatic heterocycles. The Kier molecular flexibility index (Phi) is 13.0. The van der Waals surface area contributed by atoms with Crippen LogP contribution in [0.25, 0.3) is 0 Å². The van der Waals surface area contributed by atoms with Crippen molar-refractivity contribution in [3.63, 3.8) is 0 Å². The van der Waals surface area contributed by atoms with E-state index in [9.17, 15) is 27.1 Å². The van der Waals surface area contributed by atoms with E-state index >= 15 is 0 Å². The second-order valence-corrected chi connectivity index (χ2v) is 12.9. The Morgan fingerprint density at radius 1 is 0.974 bits per heavy atom. The summed E-state index contributed by atoms with van der Waals surface area (Å²) in [7, 11) is -3.51. The molecule has 0 aromatic heterocycles. The topological polar surface area (TPSA) is 101 Å². The molecule has 39 heavy (non-hydrogen) atoms. The molecule has 0 spiro atoms. The number of benzene rings is 2. The zero-order valence-electron chi connectivity index (χ0n) is 23.6. The SMILES string of the molecule is CCCC(CCC)S(=O)(=O)CC(C)C(=O)N(Cc1cccc(CC)c1)C[C@@H](O)[C@@H](N)Cc1cc(F)cc(F)c1. The summed E-state index contributed by atoms with van der Waals surface area (Å²) < 4.78 is 53.6. The molecule has 0 saturated carbocycles. The molecule has 2 rings (SSSR count). The number of aliphatic hydroxyl groups is 1. The first-order valence-corrected chi connectivity index (χ1v) is 15.6. The number of hydrogen-bond acceptors (Lipinski definition) is 5. The van der Waals surface area contributed by atoms with Crippen molar-refractivity contribution < 1.29 is 27.1 Å². The lowest BCUT2D eigenvalue weighted by molar-refractivity contribution is -0.136. The maximum absolute atomic E-state index is 13.6. The van der Waals surface area contributed by atoms with Gasteiger partial charge in [-0.2, -0.15) is 0 Å². The van der Waals surface area contributed by atoms with Crippen molar-refractivity contribution in [1.82, 2.24) is 4.90 Å². The van der Waals surface area contributed by atoms with Crippen molar-refractivity contribution >= 4 is 15.7 Å². The predicted octanol–water partition coefficient (Wildman–Crippen LogP) is 4.81. The van der Waals surface area contributed by atoms with Gasteiger partial charge < -0.3 is 15.7 Å². The molecule has 0 aliphatic rings. The predicted molar refractivity (Wildman–Crippen MR) is 152 cm³/mol. The van der Waals surface area contributed by atoms with Crippen molar-refractivity contribution in [1.29, 1.82) is 0 Å². The van der Waals surface area contributed by atoms with Crippen molar-refractivity contribution in [2.75, 3.05) is 12.3 Å². The molecule has 6 nitrogen and oxygen atoms in total. The van der Waals surface area contributed by atoms with Crippen LogP contribution in [0.1, 0.15) is 70.1 Å². The Labute approximate surface area is 232 Å². The Morgan fingerprint density at radius 2 is 1.56 bits per heavy atom. The second kappa shape index (κ2) is 15.4. The van der Waals surface area contributed by atoms with Crippen LogP contribution in [-0.2, 0) is 34.0 Å². The standard InChI is InChI=1S/C30H44F2N2O4S/c1-5-9-27(10-6-2)39(37,38)20-21(4)30(36)34(18-23-12-8-11-22(7-3)13-23)19-29(35)28(33)16-24-14-25(31)17-26(32)15-24/h8,11-15,17,21,27-29,35H,5-7,9-10,16,18-20,33H2,1-4H3/t21?,28-,29+/m0/s1. The zero-order valence-corrected chi connectivity index (χ0v) is 24.4. The molecular weight excluding hydrogens is 522 g/mol. The Bertz CT molecular complexity index is 1150. The summed E-state index contributed by atoms with van der Waals surface area (Å²) in [4.78, 5) is 15.1. The van der Waals surface area contributed by atoms with Gasteiger partial charge in [0.05, 0.1) is 17.1 Å². The van der Waals surface area contributed by atoms with Crippen LogP contribution in [0.5, 0.6) is 0 Å². The van der Waals surface area contributed by atoms with Gasteiger partial charge in [0.15, 0.2) is 9.84 Å². The number of carbonyl (C=O) groups excluding carboxylic acids is 1. The van der Waals surface area contributed by atoms with E-state index in [1.807, 2.05) is 45.0 Å². The van der Waals surface area contributed by atoms with Crippen LogP contribution in [0.2, 0.25) is 0 Å².